The second kappa shape index (κ2) is 10.5. The molecule has 0 aliphatic heterocycles. The van der Waals surface area contributed by atoms with E-state index in [0.29, 0.717) is 11.6 Å². The highest BCUT2D eigenvalue weighted by Gasteiger charge is 2.18. The quantitative estimate of drug-likeness (QED) is 0.659. The first-order chi connectivity index (χ1) is 13.4. The van der Waals surface area contributed by atoms with Crippen LogP contribution < -0.4 is 10.6 Å². The summed E-state index contributed by atoms with van der Waals surface area (Å²) in [7, 11) is 0. The van der Waals surface area contributed by atoms with Crippen molar-refractivity contribution in [3.63, 3.8) is 0 Å². The zero-order valence-electron chi connectivity index (χ0n) is 16.0. The van der Waals surface area contributed by atoms with Gasteiger partial charge in [-0.15, -0.1) is 0 Å². The van der Waals surface area contributed by atoms with E-state index in [0.717, 1.165) is 10.5 Å². The average molecular weight is 401 g/mol. The Labute approximate surface area is 168 Å². The number of esters is 1. The van der Waals surface area contributed by atoms with Gasteiger partial charge in [0, 0.05) is 17.6 Å². The minimum Gasteiger partial charge on any atom is -0.452 e. The Kier molecular flexibility index (Phi) is 8.01. The van der Waals surface area contributed by atoms with E-state index in [4.69, 9.17) is 4.74 Å². The zero-order valence-corrected chi connectivity index (χ0v) is 16.8. The van der Waals surface area contributed by atoms with Gasteiger partial charge in [-0.3, -0.25) is 9.59 Å². The SMILES string of the molecule is CCNC(=O)[C@H](C)NC(=O)COC(=O)c1cccnc1Sc1ccc(C)cc1. The molecule has 2 rings (SSSR count). The second-order valence-corrected chi connectivity index (χ2v) is 7.09. The third-order valence-electron chi connectivity index (χ3n) is 3.68. The topological polar surface area (TPSA) is 97.4 Å². The third-order valence-corrected chi connectivity index (χ3v) is 4.71. The molecule has 7 nitrogen and oxygen atoms in total. The van der Waals surface area contributed by atoms with E-state index in [1.165, 1.54) is 11.8 Å². The van der Waals surface area contributed by atoms with Gasteiger partial charge in [0.1, 0.15) is 11.1 Å². The van der Waals surface area contributed by atoms with Gasteiger partial charge in [-0.1, -0.05) is 29.5 Å². The van der Waals surface area contributed by atoms with E-state index in [9.17, 15) is 14.4 Å². The minimum absolute atomic E-state index is 0.276. The van der Waals surface area contributed by atoms with Crippen molar-refractivity contribution >= 4 is 29.5 Å². The van der Waals surface area contributed by atoms with Crippen LogP contribution in [0.3, 0.4) is 0 Å². The first-order valence-corrected chi connectivity index (χ1v) is 9.66. The van der Waals surface area contributed by atoms with Crippen molar-refractivity contribution in [1.82, 2.24) is 15.6 Å². The van der Waals surface area contributed by atoms with Crippen molar-refractivity contribution in [2.45, 2.75) is 36.7 Å². The fraction of sp³-hybridized carbons (Fsp3) is 0.300. The lowest BCUT2D eigenvalue weighted by molar-refractivity contribution is -0.130. The molecule has 1 aromatic carbocycles. The Hall–Kier alpha value is -2.87. The van der Waals surface area contributed by atoms with E-state index in [1.807, 2.05) is 31.2 Å². The maximum atomic E-state index is 12.4. The molecule has 0 radical (unpaired) electrons. The van der Waals surface area contributed by atoms with Gasteiger partial charge in [0.25, 0.3) is 5.91 Å². The summed E-state index contributed by atoms with van der Waals surface area (Å²) >= 11 is 1.34. The summed E-state index contributed by atoms with van der Waals surface area (Å²) < 4.78 is 5.09. The highest BCUT2D eigenvalue weighted by atomic mass is 32.2. The maximum absolute atomic E-state index is 12.4. The third kappa shape index (κ3) is 6.38. The van der Waals surface area contributed by atoms with Gasteiger partial charge in [0.05, 0.1) is 5.56 Å². The van der Waals surface area contributed by atoms with Crippen LogP contribution in [0, 0.1) is 6.92 Å². The number of hydrogen-bond donors (Lipinski definition) is 2. The van der Waals surface area contributed by atoms with Crippen LogP contribution in [0.4, 0.5) is 0 Å². The summed E-state index contributed by atoms with van der Waals surface area (Å²) in [4.78, 5) is 41.1. The molecule has 2 aromatic rings. The molecular formula is C20H23N3O4S. The number of ether oxygens (including phenoxy) is 1. The number of aromatic nitrogens is 1. The second-order valence-electron chi connectivity index (χ2n) is 6.03. The van der Waals surface area contributed by atoms with E-state index < -0.39 is 24.5 Å². The normalized spacial score (nSPS) is 11.4. The summed E-state index contributed by atoms with van der Waals surface area (Å²) in [6.45, 7) is 5.33. The van der Waals surface area contributed by atoms with E-state index >= 15 is 0 Å². The smallest absolute Gasteiger partial charge is 0.341 e. The molecule has 8 heteroatoms. The standard InChI is InChI=1S/C20H23N3O4S/c1-4-21-18(25)14(3)23-17(24)12-27-20(26)16-6-5-11-22-19(16)28-15-9-7-13(2)8-10-15/h5-11,14H,4,12H2,1-3H3,(H,21,25)(H,23,24)/t14-/m0/s1. The van der Waals surface area contributed by atoms with Crippen LogP contribution in [0.1, 0.15) is 29.8 Å². The molecule has 0 unspecified atom stereocenters. The predicted molar refractivity (Wildman–Crippen MR) is 106 cm³/mol. The number of benzene rings is 1. The molecule has 0 saturated carbocycles. The number of pyridine rings is 1. The summed E-state index contributed by atoms with van der Waals surface area (Å²) in [5.74, 6) is -1.50. The Bertz CT molecular complexity index is 840. The van der Waals surface area contributed by atoms with Crippen LogP contribution in [0.2, 0.25) is 0 Å². The molecule has 2 N–H and O–H groups in total. The van der Waals surface area contributed by atoms with Gasteiger partial charge in [-0.25, -0.2) is 9.78 Å². The largest absolute Gasteiger partial charge is 0.452 e. The molecule has 1 atom stereocenters. The van der Waals surface area contributed by atoms with Crippen molar-refractivity contribution in [2.24, 2.45) is 0 Å². The van der Waals surface area contributed by atoms with Gasteiger partial charge >= 0.3 is 5.97 Å². The van der Waals surface area contributed by atoms with E-state index in [1.54, 1.807) is 32.2 Å². The zero-order chi connectivity index (χ0) is 20.5. The molecule has 0 bridgehead atoms. The molecule has 148 valence electrons. The van der Waals surface area contributed by atoms with Crippen molar-refractivity contribution in [3.05, 3.63) is 53.7 Å². The Balaban J connectivity index is 1.96. The lowest BCUT2D eigenvalue weighted by Gasteiger charge is -2.13. The first kappa shape index (κ1) is 21.4. The summed E-state index contributed by atoms with van der Waals surface area (Å²) in [5.41, 5.74) is 1.41. The first-order valence-electron chi connectivity index (χ1n) is 8.84. The van der Waals surface area contributed by atoms with Crippen molar-refractivity contribution in [2.75, 3.05) is 13.2 Å². The summed E-state index contributed by atoms with van der Waals surface area (Å²) in [6.07, 6.45) is 1.59. The Morgan fingerprint density at radius 3 is 2.57 bits per heavy atom. The molecule has 0 saturated heterocycles. The number of aryl methyl sites for hydroxylation is 1. The predicted octanol–water partition coefficient (Wildman–Crippen LogP) is 2.34. The molecule has 0 aliphatic rings. The highest BCUT2D eigenvalue weighted by Crippen LogP contribution is 2.29. The van der Waals surface area contributed by atoms with Gasteiger partial charge in [0.2, 0.25) is 5.91 Å². The van der Waals surface area contributed by atoms with E-state index in [-0.39, 0.29) is 11.5 Å². The molecule has 2 amide bonds. The summed E-state index contributed by atoms with van der Waals surface area (Å²) in [6, 6.07) is 10.4. The number of nitrogens with zero attached hydrogens (tertiary/aromatic N) is 1. The highest BCUT2D eigenvalue weighted by molar-refractivity contribution is 7.99. The number of amides is 2. The Morgan fingerprint density at radius 1 is 1.18 bits per heavy atom. The molecule has 0 aliphatic carbocycles. The van der Waals surface area contributed by atoms with Crippen LogP contribution in [0.15, 0.2) is 52.5 Å². The number of likely N-dealkylation sites (N-methyl/N-ethyl adjacent to an activating group) is 1. The van der Waals surface area contributed by atoms with Gasteiger partial charge in [-0.05, 0) is 45.0 Å². The molecule has 1 aromatic heterocycles. The average Bonchev–Trinajstić information content (AvgIpc) is 2.68. The van der Waals surface area contributed by atoms with Crippen molar-refractivity contribution in [1.29, 1.82) is 0 Å². The number of carbonyl (C=O) groups is 3. The van der Waals surface area contributed by atoms with Crippen LogP contribution >= 0.6 is 11.8 Å². The van der Waals surface area contributed by atoms with Crippen molar-refractivity contribution in [3.8, 4) is 0 Å². The monoisotopic (exact) mass is 401 g/mol. The lowest BCUT2D eigenvalue weighted by Crippen LogP contribution is -2.46. The lowest BCUT2D eigenvalue weighted by atomic mass is 10.2. The molecular weight excluding hydrogens is 378 g/mol. The fourth-order valence-corrected chi connectivity index (χ4v) is 3.10. The minimum atomic E-state index is -0.711. The number of carbonyl (C=O) groups excluding carboxylic acids is 3. The molecule has 0 spiro atoms. The van der Waals surface area contributed by atoms with Gasteiger partial charge < -0.3 is 15.4 Å². The van der Waals surface area contributed by atoms with Crippen molar-refractivity contribution < 1.29 is 19.1 Å². The van der Waals surface area contributed by atoms with Gasteiger partial charge in [0.15, 0.2) is 6.61 Å². The number of hydrogen-bond acceptors (Lipinski definition) is 6. The van der Waals surface area contributed by atoms with Gasteiger partial charge in [-0.2, -0.15) is 0 Å². The van der Waals surface area contributed by atoms with Crippen LogP contribution in [-0.4, -0.2) is 42.0 Å². The van der Waals surface area contributed by atoms with Crippen LogP contribution in [-0.2, 0) is 14.3 Å². The number of nitrogens with one attached hydrogen (secondary N) is 2. The molecule has 0 fully saturated rings. The molecule has 28 heavy (non-hydrogen) atoms. The van der Waals surface area contributed by atoms with Crippen LogP contribution in [0.25, 0.3) is 0 Å². The van der Waals surface area contributed by atoms with E-state index in [2.05, 4.69) is 15.6 Å². The van der Waals surface area contributed by atoms with Crippen LogP contribution in [0.5, 0.6) is 0 Å². The molecule has 1 heterocycles. The Morgan fingerprint density at radius 2 is 1.89 bits per heavy atom. The summed E-state index contributed by atoms with van der Waals surface area (Å²) in [5, 5.41) is 5.58. The number of rotatable bonds is 8. The fourth-order valence-electron chi connectivity index (χ4n) is 2.23. The maximum Gasteiger partial charge on any atom is 0.341 e.